The van der Waals surface area contributed by atoms with Gasteiger partial charge in [-0.15, -0.1) is 0 Å². The van der Waals surface area contributed by atoms with Gasteiger partial charge in [0.1, 0.15) is 6.61 Å². The normalized spacial score (nSPS) is 30.7. The maximum atomic E-state index is 12.0. The van der Waals surface area contributed by atoms with E-state index in [0.29, 0.717) is 12.5 Å². The van der Waals surface area contributed by atoms with Gasteiger partial charge in [-0.2, -0.15) is 0 Å². The minimum atomic E-state index is -0.361. The SMILES string of the molecule is C=C1COC(=O)C12CCC(c1cccc(C)c1)CC2. The van der Waals surface area contributed by atoms with Gasteiger partial charge in [0.05, 0.1) is 5.41 Å². The first-order valence-corrected chi connectivity index (χ1v) is 7.04. The molecule has 19 heavy (non-hydrogen) atoms. The summed E-state index contributed by atoms with van der Waals surface area (Å²) in [6.45, 7) is 6.60. The van der Waals surface area contributed by atoms with Crippen LogP contribution < -0.4 is 0 Å². The second-order valence-electron chi connectivity index (χ2n) is 5.95. The third-order valence-electron chi connectivity index (χ3n) is 4.80. The van der Waals surface area contributed by atoms with Crippen LogP contribution in [0, 0.1) is 12.3 Å². The van der Waals surface area contributed by atoms with Crippen molar-refractivity contribution in [3.63, 3.8) is 0 Å². The van der Waals surface area contributed by atoms with Crippen molar-refractivity contribution in [2.45, 2.75) is 38.5 Å². The predicted octanol–water partition coefficient (Wildman–Crippen LogP) is 3.75. The molecule has 1 saturated carbocycles. The van der Waals surface area contributed by atoms with Crippen molar-refractivity contribution >= 4 is 5.97 Å². The largest absolute Gasteiger partial charge is 0.460 e. The first-order chi connectivity index (χ1) is 9.12. The predicted molar refractivity (Wildman–Crippen MR) is 74.9 cm³/mol. The molecular weight excluding hydrogens is 236 g/mol. The molecule has 0 unspecified atom stereocenters. The van der Waals surface area contributed by atoms with E-state index >= 15 is 0 Å². The fourth-order valence-corrected chi connectivity index (χ4v) is 3.50. The molecule has 1 aromatic carbocycles. The highest BCUT2D eigenvalue weighted by atomic mass is 16.5. The summed E-state index contributed by atoms with van der Waals surface area (Å²) in [4.78, 5) is 12.0. The zero-order chi connectivity index (χ0) is 13.5. The van der Waals surface area contributed by atoms with E-state index in [-0.39, 0.29) is 11.4 Å². The van der Waals surface area contributed by atoms with E-state index in [2.05, 4.69) is 37.8 Å². The molecule has 1 aliphatic carbocycles. The molecule has 1 aromatic rings. The summed E-state index contributed by atoms with van der Waals surface area (Å²) in [5, 5.41) is 0. The smallest absolute Gasteiger partial charge is 0.316 e. The highest BCUT2D eigenvalue weighted by molar-refractivity contribution is 5.83. The fourth-order valence-electron chi connectivity index (χ4n) is 3.50. The Kier molecular flexibility index (Phi) is 2.96. The molecule has 0 radical (unpaired) electrons. The lowest BCUT2D eigenvalue weighted by molar-refractivity contribution is -0.147. The van der Waals surface area contributed by atoms with Crippen LogP contribution in [0.15, 0.2) is 36.4 Å². The second kappa shape index (κ2) is 4.52. The maximum Gasteiger partial charge on any atom is 0.316 e. The highest BCUT2D eigenvalue weighted by Crippen LogP contribution is 2.50. The van der Waals surface area contributed by atoms with Gasteiger partial charge in [0.2, 0.25) is 0 Å². The lowest BCUT2D eigenvalue weighted by Gasteiger charge is -2.35. The summed E-state index contributed by atoms with van der Waals surface area (Å²) < 4.78 is 5.18. The molecule has 2 aliphatic rings. The average molecular weight is 256 g/mol. The molecular formula is C17H20O2. The molecule has 3 rings (SSSR count). The zero-order valence-corrected chi connectivity index (χ0v) is 11.4. The summed E-state index contributed by atoms with van der Waals surface area (Å²) in [5.41, 5.74) is 3.34. The van der Waals surface area contributed by atoms with Crippen LogP contribution in [-0.2, 0) is 9.53 Å². The standard InChI is InChI=1S/C17H20O2/c1-12-4-3-5-15(10-12)14-6-8-17(9-7-14)13(2)11-19-16(17)18/h3-5,10,14H,2,6-9,11H2,1H3. The molecule has 1 aliphatic heterocycles. The van der Waals surface area contributed by atoms with Crippen molar-refractivity contribution < 1.29 is 9.53 Å². The molecule has 1 saturated heterocycles. The molecule has 0 N–H and O–H groups in total. The maximum absolute atomic E-state index is 12.0. The van der Waals surface area contributed by atoms with Gasteiger partial charge < -0.3 is 4.74 Å². The van der Waals surface area contributed by atoms with E-state index in [0.717, 1.165) is 31.3 Å². The Morgan fingerprint density at radius 2 is 2.05 bits per heavy atom. The molecule has 1 heterocycles. The molecule has 100 valence electrons. The van der Waals surface area contributed by atoms with E-state index in [1.807, 2.05) is 0 Å². The number of cyclic esters (lactones) is 1. The number of aryl methyl sites for hydroxylation is 1. The average Bonchev–Trinajstić information content (AvgIpc) is 2.68. The van der Waals surface area contributed by atoms with Gasteiger partial charge >= 0.3 is 5.97 Å². The molecule has 0 atom stereocenters. The van der Waals surface area contributed by atoms with Crippen LogP contribution in [0.4, 0.5) is 0 Å². The molecule has 0 aromatic heterocycles. The Morgan fingerprint density at radius 1 is 1.32 bits per heavy atom. The van der Waals surface area contributed by atoms with Gasteiger partial charge in [0.15, 0.2) is 0 Å². The number of carbonyl (C=O) groups is 1. The zero-order valence-electron chi connectivity index (χ0n) is 11.4. The molecule has 0 amide bonds. The minimum absolute atomic E-state index is 0.0415. The van der Waals surface area contributed by atoms with E-state index in [4.69, 9.17) is 4.74 Å². The third kappa shape index (κ3) is 1.99. The first kappa shape index (κ1) is 12.5. The van der Waals surface area contributed by atoms with E-state index < -0.39 is 0 Å². The van der Waals surface area contributed by atoms with Gasteiger partial charge in [0.25, 0.3) is 0 Å². The summed E-state index contributed by atoms with van der Waals surface area (Å²) in [7, 11) is 0. The van der Waals surface area contributed by atoms with Crippen molar-refractivity contribution in [1.82, 2.24) is 0 Å². The van der Waals surface area contributed by atoms with Gasteiger partial charge in [-0.3, -0.25) is 4.79 Å². The fraction of sp³-hybridized carbons (Fsp3) is 0.471. The number of carbonyl (C=O) groups excluding carboxylic acids is 1. The van der Waals surface area contributed by atoms with Crippen LogP contribution in [0.2, 0.25) is 0 Å². The number of hydrogen-bond donors (Lipinski definition) is 0. The van der Waals surface area contributed by atoms with Gasteiger partial charge in [0, 0.05) is 0 Å². The van der Waals surface area contributed by atoms with Gasteiger partial charge in [-0.25, -0.2) is 0 Å². The number of hydrogen-bond acceptors (Lipinski definition) is 2. The Hall–Kier alpha value is -1.57. The van der Waals surface area contributed by atoms with Crippen LogP contribution in [0.5, 0.6) is 0 Å². The number of esters is 1. The monoisotopic (exact) mass is 256 g/mol. The second-order valence-corrected chi connectivity index (χ2v) is 5.95. The van der Waals surface area contributed by atoms with Gasteiger partial charge in [-0.1, -0.05) is 36.4 Å². The van der Waals surface area contributed by atoms with Crippen LogP contribution in [0.3, 0.4) is 0 Å². The Morgan fingerprint density at radius 3 is 2.63 bits per heavy atom. The Labute approximate surface area is 114 Å². The quantitative estimate of drug-likeness (QED) is 0.565. The van der Waals surface area contributed by atoms with Crippen LogP contribution in [0.25, 0.3) is 0 Å². The third-order valence-corrected chi connectivity index (χ3v) is 4.80. The molecule has 1 spiro atoms. The Bertz CT molecular complexity index is 504. The van der Waals surface area contributed by atoms with Crippen molar-refractivity contribution in [2.75, 3.05) is 6.61 Å². The molecule has 0 bridgehead atoms. The van der Waals surface area contributed by atoms with Gasteiger partial charge in [-0.05, 0) is 49.7 Å². The summed E-state index contributed by atoms with van der Waals surface area (Å²) in [6, 6.07) is 8.73. The molecule has 2 heteroatoms. The highest BCUT2D eigenvalue weighted by Gasteiger charge is 2.49. The number of benzene rings is 1. The summed E-state index contributed by atoms with van der Waals surface area (Å²) in [5.74, 6) is 0.534. The van der Waals surface area contributed by atoms with Crippen LogP contribution in [-0.4, -0.2) is 12.6 Å². The van der Waals surface area contributed by atoms with E-state index in [1.54, 1.807) is 0 Å². The molecule has 2 fully saturated rings. The van der Waals surface area contributed by atoms with Crippen LogP contribution >= 0.6 is 0 Å². The molecule has 2 nitrogen and oxygen atoms in total. The van der Waals surface area contributed by atoms with Crippen molar-refractivity contribution in [1.29, 1.82) is 0 Å². The summed E-state index contributed by atoms with van der Waals surface area (Å²) >= 11 is 0. The Balaban J connectivity index is 1.76. The first-order valence-electron chi connectivity index (χ1n) is 7.04. The number of ether oxygens (including phenoxy) is 1. The minimum Gasteiger partial charge on any atom is -0.460 e. The number of rotatable bonds is 1. The van der Waals surface area contributed by atoms with Crippen molar-refractivity contribution in [3.05, 3.63) is 47.5 Å². The summed E-state index contributed by atoms with van der Waals surface area (Å²) in [6.07, 6.45) is 3.89. The van der Waals surface area contributed by atoms with E-state index in [1.165, 1.54) is 11.1 Å². The van der Waals surface area contributed by atoms with E-state index in [9.17, 15) is 4.79 Å². The lowest BCUT2D eigenvalue weighted by atomic mass is 9.66. The van der Waals surface area contributed by atoms with Crippen molar-refractivity contribution in [2.24, 2.45) is 5.41 Å². The topological polar surface area (TPSA) is 26.3 Å². The lowest BCUT2D eigenvalue weighted by Crippen LogP contribution is -2.32. The van der Waals surface area contributed by atoms with Crippen molar-refractivity contribution in [3.8, 4) is 0 Å². The van der Waals surface area contributed by atoms with Crippen LogP contribution in [0.1, 0.15) is 42.7 Å².